The summed E-state index contributed by atoms with van der Waals surface area (Å²) in [6.45, 7) is 3.14. The van der Waals surface area contributed by atoms with Crippen molar-refractivity contribution in [3.63, 3.8) is 0 Å². The minimum atomic E-state index is 0.534. The molecule has 27 heavy (non-hydrogen) atoms. The summed E-state index contributed by atoms with van der Waals surface area (Å²) >= 11 is 6.02. The van der Waals surface area contributed by atoms with Crippen molar-refractivity contribution < 1.29 is 0 Å². The molecule has 0 bridgehead atoms. The molecule has 2 N–H and O–H groups in total. The monoisotopic (exact) mass is 378 g/mol. The zero-order valence-electron chi connectivity index (χ0n) is 14.4. The lowest BCUT2D eigenvalue weighted by molar-refractivity contribution is 0.914. The quantitative estimate of drug-likeness (QED) is 0.514. The van der Waals surface area contributed by atoms with Crippen molar-refractivity contribution in [1.29, 1.82) is 5.26 Å². The molecule has 3 heterocycles. The van der Waals surface area contributed by atoms with E-state index in [0.717, 1.165) is 22.4 Å². The molecular weight excluding hydrogens is 364 g/mol. The lowest BCUT2D eigenvalue weighted by atomic mass is 10.1. The van der Waals surface area contributed by atoms with Crippen molar-refractivity contribution in [2.75, 3.05) is 23.7 Å². The second kappa shape index (κ2) is 7.05. The van der Waals surface area contributed by atoms with Crippen LogP contribution in [-0.2, 0) is 0 Å². The predicted molar refractivity (Wildman–Crippen MR) is 104 cm³/mol. The molecule has 4 rings (SSSR count). The molecule has 134 valence electrons. The Labute approximate surface area is 159 Å². The molecular formula is C18H15ClN8. The molecule has 0 spiro atoms. The highest BCUT2D eigenvalue weighted by Gasteiger charge is 2.07. The fourth-order valence-electron chi connectivity index (χ4n) is 2.82. The SMILES string of the molecule is Cc1cc(NCCNc2cc(C#N)c3cc(Cl)ccc3n2)n2ncnc2n1. The first-order valence-electron chi connectivity index (χ1n) is 8.29. The maximum absolute atomic E-state index is 9.39. The molecule has 0 atom stereocenters. The van der Waals surface area contributed by atoms with Crippen molar-refractivity contribution in [2.24, 2.45) is 0 Å². The molecule has 0 saturated heterocycles. The van der Waals surface area contributed by atoms with E-state index in [4.69, 9.17) is 11.6 Å². The van der Waals surface area contributed by atoms with Crippen LogP contribution in [-0.4, -0.2) is 37.7 Å². The number of rotatable bonds is 5. The van der Waals surface area contributed by atoms with E-state index in [2.05, 4.69) is 36.8 Å². The van der Waals surface area contributed by atoms with Crippen LogP contribution in [0.2, 0.25) is 5.02 Å². The molecule has 0 aliphatic heterocycles. The van der Waals surface area contributed by atoms with E-state index < -0.39 is 0 Å². The average molecular weight is 379 g/mol. The van der Waals surface area contributed by atoms with Gasteiger partial charge >= 0.3 is 0 Å². The van der Waals surface area contributed by atoms with Gasteiger partial charge in [-0.3, -0.25) is 0 Å². The maximum atomic E-state index is 9.39. The molecule has 4 aromatic rings. The number of aryl methyl sites for hydroxylation is 1. The topological polar surface area (TPSA) is 104 Å². The third-order valence-corrected chi connectivity index (χ3v) is 4.24. The van der Waals surface area contributed by atoms with Crippen LogP contribution in [0.5, 0.6) is 0 Å². The molecule has 0 fully saturated rings. The van der Waals surface area contributed by atoms with Crippen LogP contribution in [0.4, 0.5) is 11.6 Å². The second-order valence-corrected chi connectivity index (χ2v) is 6.37. The molecule has 9 heteroatoms. The number of aromatic nitrogens is 5. The van der Waals surface area contributed by atoms with Gasteiger partial charge < -0.3 is 10.6 Å². The summed E-state index contributed by atoms with van der Waals surface area (Å²) in [6, 6.07) is 11.2. The third kappa shape index (κ3) is 3.45. The highest BCUT2D eigenvalue weighted by atomic mass is 35.5. The fourth-order valence-corrected chi connectivity index (χ4v) is 2.99. The Kier molecular flexibility index (Phi) is 4.44. The van der Waals surface area contributed by atoms with Crippen LogP contribution >= 0.6 is 11.6 Å². The van der Waals surface area contributed by atoms with Gasteiger partial charge in [-0.05, 0) is 31.2 Å². The van der Waals surface area contributed by atoms with Gasteiger partial charge in [0.15, 0.2) is 0 Å². The minimum Gasteiger partial charge on any atom is -0.368 e. The number of benzene rings is 1. The minimum absolute atomic E-state index is 0.534. The fraction of sp³-hybridized carbons (Fsp3) is 0.167. The first-order valence-corrected chi connectivity index (χ1v) is 8.67. The number of hydrogen-bond acceptors (Lipinski definition) is 7. The first kappa shape index (κ1) is 17.0. The Morgan fingerprint density at radius 1 is 1.15 bits per heavy atom. The Morgan fingerprint density at radius 3 is 2.85 bits per heavy atom. The zero-order valence-corrected chi connectivity index (χ0v) is 15.2. The molecule has 0 amide bonds. The van der Waals surface area contributed by atoms with E-state index in [1.54, 1.807) is 22.7 Å². The molecule has 0 saturated carbocycles. The molecule has 8 nitrogen and oxygen atoms in total. The summed E-state index contributed by atoms with van der Waals surface area (Å²) in [5.74, 6) is 2.01. The summed E-state index contributed by atoms with van der Waals surface area (Å²) in [7, 11) is 0. The van der Waals surface area contributed by atoms with Gasteiger partial charge in [0.2, 0.25) is 0 Å². The molecule has 0 radical (unpaired) electrons. The largest absolute Gasteiger partial charge is 0.368 e. The van der Waals surface area contributed by atoms with Crippen molar-refractivity contribution in [3.8, 4) is 6.07 Å². The van der Waals surface area contributed by atoms with Gasteiger partial charge in [0, 0.05) is 35.3 Å². The van der Waals surface area contributed by atoms with E-state index in [1.807, 2.05) is 19.1 Å². The van der Waals surface area contributed by atoms with E-state index in [9.17, 15) is 5.26 Å². The molecule has 3 aromatic heterocycles. The van der Waals surface area contributed by atoms with Crippen LogP contribution in [0.25, 0.3) is 16.7 Å². The van der Waals surface area contributed by atoms with Crippen LogP contribution in [0.3, 0.4) is 0 Å². The Morgan fingerprint density at radius 2 is 2.00 bits per heavy atom. The molecule has 1 aromatic carbocycles. The van der Waals surface area contributed by atoms with Crippen molar-refractivity contribution in [1.82, 2.24) is 24.6 Å². The summed E-state index contributed by atoms with van der Waals surface area (Å²) in [4.78, 5) is 13.0. The lowest BCUT2D eigenvalue weighted by Gasteiger charge is -2.11. The maximum Gasteiger partial charge on any atom is 0.254 e. The lowest BCUT2D eigenvalue weighted by Crippen LogP contribution is -2.16. The van der Waals surface area contributed by atoms with Crippen molar-refractivity contribution in [2.45, 2.75) is 6.92 Å². The Hall–Kier alpha value is -3.44. The number of halogens is 1. The van der Waals surface area contributed by atoms with Crippen LogP contribution in [0.15, 0.2) is 36.7 Å². The summed E-state index contributed by atoms with van der Waals surface area (Å²) in [5, 5.41) is 21.4. The number of nitriles is 1. The zero-order chi connectivity index (χ0) is 18.8. The Bertz CT molecular complexity index is 1180. The highest BCUT2D eigenvalue weighted by molar-refractivity contribution is 6.31. The molecule has 0 aliphatic carbocycles. The standard InChI is InChI=1S/C18H15ClN8/c1-11-6-17(27-18(25-11)23-10-24-27)22-5-4-21-16-7-12(9-20)14-8-13(19)2-3-15(14)26-16/h2-3,6-8,10,22H,4-5H2,1H3,(H,21,26). The normalized spacial score (nSPS) is 10.9. The van der Waals surface area contributed by atoms with Gasteiger partial charge in [0.25, 0.3) is 5.78 Å². The number of anilines is 2. The number of nitrogens with one attached hydrogen (secondary N) is 2. The summed E-state index contributed by atoms with van der Waals surface area (Å²) in [5.41, 5.74) is 2.12. The van der Waals surface area contributed by atoms with Crippen molar-refractivity contribution in [3.05, 3.63) is 52.9 Å². The van der Waals surface area contributed by atoms with Crippen LogP contribution in [0, 0.1) is 18.3 Å². The molecule has 0 aliphatic rings. The highest BCUT2D eigenvalue weighted by Crippen LogP contribution is 2.23. The van der Waals surface area contributed by atoms with E-state index in [1.165, 1.54) is 6.33 Å². The smallest absolute Gasteiger partial charge is 0.254 e. The van der Waals surface area contributed by atoms with Gasteiger partial charge in [-0.1, -0.05) is 11.6 Å². The van der Waals surface area contributed by atoms with Crippen LogP contribution < -0.4 is 10.6 Å². The number of pyridine rings is 1. The number of fused-ring (bicyclic) bond motifs is 2. The number of hydrogen-bond donors (Lipinski definition) is 2. The van der Waals surface area contributed by atoms with E-state index >= 15 is 0 Å². The molecule has 0 unspecified atom stereocenters. The van der Waals surface area contributed by atoms with Gasteiger partial charge in [-0.25, -0.2) is 9.97 Å². The Balaban J connectivity index is 1.47. The second-order valence-electron chi connectivity index (χ2n) is 5.94. The van der Waals surface area contributed by atoms with E-state index in [-0.39, 0.29) is 0 Å². The van der Waals surface area contributed by atoms with Gasteiger partial charge in [-0.2, -0.15) is 19.9 Å². The third-order valence-electron chi connectivity index (χ3n) is 4.01. The summed E-state index contributed by atoms with van der Waals surface area (Å²) in [6.07, 6.45) is 1.47. The first-order chi connectivity index (χ1) is 13.1. The summed E-state index contributed by atoms with van der Waals surface area (Å²) < 4.78 is 1.65. The van der Waals surface area contributed by atoms with Crippen LogP contribution in [0.1, 0.15) is 11.3 Å². The number of nitrogens with zero attached hydrogens (tertiary/aromatic N) is 6. The van der Waals surface area contributed by atoms with Gasteiger partial charge in [0.05, 0.1) is 17.1 Å². The van der Waals surface area contributed by atoms with E-state index in [0.29, 0.717) is 35.3 Å². The van der Waals surface area contributed by atoms with Gasteiger partial charge in [0.1, 0.15) is 18.0 Å². The predicted octanol–water partition coefficient (Wildman–Crippen LogP) is 3.03. The average Bonchev–Trinajstić information content (AvgIpc) is 3.13. The van der Waals surface area contributed by atoms with Gasteiger partial charge in [-0.15, -0.1) is 0 Å². The van der Waals surface area contributed by atoms with Crippen molar-refractivity contribution >= 4 is 39.9 Å².